The van der Waals surface area contributed by atoms with Gasteiger partial charge in [0.2, 0.25) is 0 Å². The maximum atomic E-state index is 10.8. The summed E-state index contributed by atoms with van der Waals surface area (Å²) < 4.78 is 5.83. The molecule has 1 aliphatic rings. The average Bonchev–Trinajstić information content (AvgIpc) is 3.21. The Morgan fingerprint density at radius 1 is 1.05 bits per heavy atom. The summed E-state index contributed by atoms with van der Waals surface area (Å²) in [5.74, 6) is 0.597. The lowest BCUT2D eigenvalue weighted by atomic mass is 9.88. The second kappa shape index (κ2) is 4.62. The Balaban J connectivity index is 1.77. The van der Waals surface area contributed by atoms with Crippen LogP contribution in [0, 0.1) is 0 Å². The molecule has 106 valence electrons. The molecule has 3 heteroatoms. The molecule has 1 atom stereocenters. The van der Waals surface area contributed by atoms with Crippen molar-refractivity contribution in [1.82, 2.24) is 0 Å². The van der Waals surface area contributed by atoms with Gasteiger partial charge in [0.1, 0.15) is 11.9 Å². The lowest BCUT2D eigenvalue weighted by Crippen LogP contribution is -2.17. The molecule has 1 unspecified atom stereocenters. The summed E-state index contributed by atoms with van der Waals surface area (Å²) in [7, 11) is 0. The van der Waals surface area contributed by atoms with Crippen LogP contribution in [0.5, 0.6) is 0 Å². The zero-order valence-electron chi connectivity index (χ0n) is 11.4. The molecule has 0 saturated heterocycles. The van der Waals surface area contributed by atoms with E-state index >= 15 is 0 Å². The molecule has 1 aliphatic carbocycles. The summed E-state index contributed by atoms with van der Waals surface area (Å²) in [5, 5.41) is 12.3. The predicted octanol–water partition coefficient (Wildman–Crippen LogP) is 4.85. The van der Waals surface area contributed by atoms with Crippen molar-refractivity contribution in [1.29, 1.82) is 0 Å². The fraction of sp³-hybridized carbons (Fsp3) is 0.222. The topological polar surface area (TPSA) is 33.4 Å². The molecule has 0 bridgehead atoms. The zero-order valence-corrected chi connectivity index (χ0v) is 12.2. The van der Waals surface area contributed by atoms with Crippen molar-refractivity contribution in [2.24, 2.45) is 0 Å². The third-order valence-corrected chi connectivity index (χ3v) is 4.74. The number of benzene rings is 2. The number of hydrogen-bond donors (Lipinski definition) is 1. The van der Waals surface area contributed by atoms with Gasteiger partial charge in [0.15, 0.2) is 5.58 Å². The third kappa shape index (κ3) is 1.98. The molecule has 0 spiro atoms. The molecule has 0 amide bonds. The van der Waals surface area contributed by atoms with Gasteiger partial charge in [-0.3, -0.25) is 0 Å². The van der Waals surface area contributed by atoms with E-state index in [2.05, 4.69) is 12.1 Å². The fourth-order valence-electron chi connectivity index (χ4n) is 3.08. The summed E-state index contributed by atoms with van der Waals surface area (Å²) in [4.78, 5) is 0. The highest BCUT2D eigenvalue weighted by molar-refractivity contribution is 6.34. The van der Waals surface area contributed by atoms with Crippen LogP contribution in [-0.4, -0.2) is 5.11 Å². The highest BCUT2D eigenvalue weighted by Crippen LogP contribution is 2.57. The Kier molecular flexibility index (Phi) is 2.84. The lowest BCUT2D eigenvalue weighted by molar-refractivity contribution is 0.110. The molecule has 1 heterocycles. The van der Waals surface area contributed by atoms with Gasteiger partial charge in [-0.05, 0) is 30.5 Å². The van der Waals surface area contributed by atoms with Crippen molar-refractivity contribution < 1.29 is 9.52 Å². The second-order valence-corrected chi connectivity index (χ2v) is 6.14. The van der Waals surface area contributed by atoms with Crippen molar-refractivity contribution in [2.75, 3.05) is 0 Å². The van der Waals surface area contributed by atoms with Crippen molar-refractivity contribution in [3.05, 3.63) is 70.9 Å². The van der Waals surface area contributed by atoms with E-state index in [1.54, 1.807) is 6.07 Å². The van der Waals surface area contributed by atoms with Crippen LogP contribution in [0.2, 0.25) is 5.02 Å². The van der Waals surface area contributed by atoms with Gasteiger partial charge in [0.05, 0.1) is 5.02 Å². The normalized spacial score (nSPS) is 17.8. The first-order chi connectivity index (χ1) is 10.2. The molecule has 3 aromatic rings. The van der Waals surface area contributed by atoms with Crippen molar-refractivity contribution >= 4 is 22.6 Å². The largest absolute Gasteiger partial charge is 0.457 e. The first kappa shape index (κ1) is 12.9. The number of fused-ring (bicyclic) bond motifs is 1. The molecule has 1 aromatic heterocycles. The van der Waals surface area contributed by atoms with Crippen LogP contribution in [0.25, 0.3) is 11.0 Å². The highest BCUT2D eigenvalue weighted by Gasteiger charge is 2.52. The van der Waals surface area contributed by atoms with Gasteiger partial charge in [-0.25, -0.2) is 0 Å². The number of furan rings is 1. The maximum absolute atomic E-state index is 10.8. The number of para-hydroxylation sites is 1. The summed E-state index contributed by atoms with van der Waals surface area (Å²) >= 11 is 6.15. The molecule has 1 N–H and O–H groups in total. The molecule has 0 aliphatic heterocycles. The van der Waals surface area contributed by atoms with Crippen LogP contribution in [-0.2, 0) is 5.41 Å². The molecule has 1 fully saturated rings. The van der Waals surface area contributed by atoms with Gasteiger partial charge in [-0.1, -0.05) is 54.1 Å². The van der Waals surface area contributed by atoms with Gasteiger partial charge in [0.25, 0.3) is 0 Å². The van der Waals surface area contributed by atoms with E-state index in [4.69, 9.17) is 16.0 Å². The number of aliphatic hydroxyl groups is 1. The molecular formula is C18H15ClO2. The van der Waals surface area contributed by atoms with Crippen molar-refractivity contribution in [2.45, 2.75) is 24.4 Å². The molecule has 2 aromatic carbocycles. The zero-order chi connectivity index (χ0) is 14.4. The molecule has 2 nitrogen and oxygen atoms in total. The summed E-state index contributed by atoms with van der Waals surface area (Å²) in [6.07, 6.45) is 1.31. The van der Waals surface area contributed by atoms with E-state index in [0.29, 0.717) is 16.4 Å². The first-order valence-corrected chi connectivity index (χ1v) is 7.50. The van der Waals surface area contributed by atoms with Gasteiger partial charge >= 0.3 is 0 Å². The average molecular weight is 299 g/mol. The summed E-state index contributed by atoms with van der Waals surface area (Å²) in [6.45, 7) is 0. The Bertz CT molecular complexity index is 787. The number of rotatable bonds is 3. The van der Waals surface area contributed by atoms with Crippen LogP contribution in [0.15, 0.2) is 59.0 Å². The van der Waals surface area contributed by atoms with E-state index in [1.165, 1.54) is 5.56 Å². The number of halogens is 1. The monoisotopic (exact) mass is 298 g/mol. The van der Waals surface area contributed by atoms with E-state index in [1.807, 2.05) is 36.4 Å². The van der Waals surface area contributed by atoms with Crippen LogP contribution < -0.4 is 0 Å². The van der Waals surface area contributed by atoms with Crippen molar-refractivity contribution in [3.63, 3.8) is 0 Å². The predicted molar refractivity (Wildman–Crippen MR) is 83.5 cm³/mol. The van der Waals surface area contributed by atoms with Crippen LogP contribution in [0.4, 0.5) is 0 Å². The van der Waals surface area contributed by atoms with Gasteiger partial charge in [-0.2, -0.15) is 0 Å². The number of aliphatic hydroxyl groups excluding tert-OH is 1. The summed E-state index contributed by atoms with van der Waals surface area (Å²) in [5.41, 5.74) is 1.61. The first-order valence-electron chi connectivity index (χ1n) is 7.12. The Morgan fingerprint density at radius 3 is 2.48 bits per heavy atom. The van der Waals surface area contributed by atoms with Gasteiger partial charge in [0, 0.05) is 10.8 Å². The van der Waals surface area contributed by atoms with Crippen LogP contribution in [0.3, 0.4) is 0 Å². The van der Waals surface area contributed by atoms with E-state index in [-0.39, 0.29) is 5.41 Å². The Morgan fingerprint density at radius 2 is 1.81 bits per heavy atom. The van der Waals surface area contributed by atoms with Gasteiger partial charge in [-0.15, -0.1) is 0 Å². The van der Waals surface area contributed by atoms with Crippen LogP contribution in [0.1, 0.15) is 30.3 Å². The molecule has 4 rings (SSSR count). The molecule has 1 saturated carbocycles. The van der Waals surface area contributed by atoms with Crippen LogP contribution >= 0.6 is 11.6 Å². The van der Waals surface area contributed by atoms with E-state index < -0.39 is 6.10 Å². The molecule has 21 heavy (non-hydrogen) atoms. The fourth-order valence-corrected chi connectivity index (χ4v) is 3.30. The van der Waals surface area contributed by atoms with E-state index in [0.717, 1.165) is 18.2 Å². The highest BCUT2D eigenvalue weighted by atomic mass is 35.5. The molecular weight excluding hydrogens is 284 g/mol. The van der Waals surface area contributed by atoms with E-state index in [9.17, 15) is 5.11 Å². The maximum Gasteiger partial charge on any atom is 0.152 e. The Labute approximate surface area is 128 Å². The smallest absolute Gasteiger partial charge is 0.152 e. The second-order valence-electron chi connectivity index (χ2n) is 5.73. The molecule has 0 radical (unpaired) electrons. The van der Waals surface area contributed by atoms with Crippen molar-refractivity contribution in [3.8, 4) is 0 Å². The summed E-state index contributed by atoms with van der Waals surface area (Å²) in [6, 6.07) is 17.7. The quantitative estimate of drug-likeness (QED) is 0.749. The minimum Gasteiger partial charge on any atom is -0.457 e. The standard InChI is InChI=1S/C18H15ClO2/c19-14-8-4-5-12-11-15(21-16(12)14)17(20)18(9-10-18)13-6-2-1-3-7-13/h1-8,11,17,20H,9-10H2. The SMILES string of the molecule is OC(c1cc2cccc(Cl)c2o1)C1(c2ccccc2)CC1. The minimum absolute atomic E-state index is 0.207. The minimum atomic E-state index is -0.636. The van der Waals surface area contributed by atoms with Gasteiger partial charge < -0.3 is 9.52 Å². The number of hydrogen-bond acceptors (Lipinski definition) is 2. The Hall–Kier alpha value is -1.77. The lowest BCUT2D eigenvalue weighted by Gasteiger charge is -2.20. The third-order valence-electron chi connectivity index (χ3n) is 4.45.